The van der Waals surface area contributed by atoms with Crippen molar-refractivity contribution < 1.29 is 41.8 Å². The van der Waals surface area contributed by atoms with Crippen LogP contribution in [0.5, 0.6) is 11.6 Å². The third-order valence-corrected chi connectivity index (χ3v) is 12.4. The number of hydrogen-bond donors (Lipinski definition) is 3. The van der Waals surface area contributed by atoms with Crippen LogP contribution in [0.25, 0.3) is 10.8 Å². The van der Waals surface area contributed by atoms with Crippen LogP contribution in [0.15, 0.2) is 61.3 Å². The van der Waals surface area contributed by atoms with Crippen LogP contribution >= 0.6 is 11.6 Å². The maximum atomic E-state index is 14.4. The topological polar surface area (TPSA) is 182 Å². The first-order valence-electron chi connectivity index (χ1n) is 18.9. The van der Waals surface area contributed by atoms with E-state index in [1.54, 1.807) is 74.2 Å². The van der Waals surface area contributed by atoms with Crippen molar-refractivity contribution in [2.45, 2.75) is 102 Å². The number of imide groups is 1. The number of hydrogen-bond acceptors (Lipinski definition) is 12. The van der Waals surface area contributed by atoms with Crippen LogP contribution in [0.1, 0.15) is 77.6 Å². The number of amides is 3. The molecule has 3 amide bonds. The van der Waals surface area contributed by atoms with Gasteiger partial charge in [-0.3, -0.25) is 29.3 Å². The number of fused-ring (bicyclic) bond motifs is 1. The molecular formula is C41H50ClN5O9S. The molecule has 6 rings (SSSR count). The highest BCUT2D eigenvalue weighted by molar-refractivity contribution is 7.91. The fraction of sp³-hybridized carbons (Fsp3) is 0.488. The number of benzene rings is 2. The van der Waals surface area contributed by atoms with E-state index in [1.807, 2.05) is 20.8 Å². The van der Waals surface area contributed by atoms with Gasteiger partial charge in [-0.25, -0.2) is 18.2 Å². The van der Waals surface area contributed by atoms with Crippen LogP contribution in [-0.2, 0) is 29.1 Å². The number of carbonyl (C=O) groups is 4. The van der Waals surface area contributed by atoms with Crippen molar-refractivity contribution in [3.05, 3.63) is 71.9 Å². The van der Waals surface area contributed by atoms with Crippen LogP contribution in [0.3, 0.4) is 0 Å². The molecule has 2 aliphatic carbocycles. The highest BCUT2D eigenvalue weighted by atomic mass is 35.5. The van der Waals surface area contributed by atoms with Gasteiger partial charge in [-0.1, -0.05) is 44.5 Å². The molecule has 0 radical (unpaired) electrons. The lowest BCUT2D eigenvalue weighted by molar-refractivity contribution is -0.136. The Morgan fingerprint density at radius 2 is 1.77 bits per heavy atom. The zero-order chi connectivity index (χ0) is 41.7. The second kappa shape index (κ2) is 15.6. The third-order valence-electron chi connectivity index (χ3n) is 10.4. The van der Waals surface area contributed by atoms with E-state index in [0.717, 1.165) is 0 Å². The zero-order valence-corrected chi connectivity index (χ0v) is 34.8. The van der Waals surface area contributed by atoms with Crippen molar-refractivity contribution in [3.63, 3.8) is 0 Å². The summed E-state index contributed by atoms with van der Waals surface area (Å²) in [6.45, 7) is 14.7. The summed E-state index contributed by atoms with van der Waals surface area (Å²) in [5.74, 6) is -2.42. The smallest absolute Gasteiger partial charge is 0.338 e. The molecule has 2 heterocycles. The molecule has 1 saturated heterocycles. The lowest BCUT2D eigenvalue weighted by Gasteiger charge is -2.34. The number of pyridine rings is 1. The predicted octanol–water partition coefficient (Wildman–Crippen LogP) is 5.40. The first kappa shape index (κ1) is 41.9. The minimum atomic E-state index is -3.94. The maximum Gasteiger partial charge on any atom is 0.338 e. The van der Waals surface area contributed by atoms with Gasteiger partial charge in [0, 0.05) is 40.4 Å². The minimum absolute atomic E-state index is 0.0156. The first-order valence-corrected chi connectivity index (χ1v) is 20.8. The molecule has 16 heteroatoms. The fourth-order valence-corrected chi connectivity index (χ4v) is 8.83. The molecule has 14 nitrogen and oxygen atoms in total. The van der Waals surface area contributed by atoms with E-state index < -0.39 is 79.6 Å². The minimum Gasteiger partial charge on any atom is -0.494 e. The Labute approximate surface area is 338 Å². The number of methoxy groups -OCH3 is 1. The summed E-state index contributed by atoms with van der Waals surface area (Å²) in [5, 5.41) is 6.80. The largest absolute Gasteiger partial charge is 0.494 e. The summed E-state index contributed by atoms with van der Waals surface area (Å²) in [5.41, 5.74) is -2.17. The summed E-state index contributed by atoms with van der Waals surface area (Å²) >= 11 is 6.36. The Morgan fingerprint density at radius 3 is 2.39 bits per heavy atom. The van der Waals surface area contributed by atoms with Crippen LogP contribution in [0.4, 0.5) is 5.69 Å². The Hall–Kier alpha value is -4.73. The standard InChI is InChI=1S/C41H50ClN5O9S/c1-9-24-20-41(24,38(51)46-57(52,53)28-14-15-28)47-22-27(55-36-30-18-25(42)13-16-29(30)32(54-8)21-43-36)19-31(47)34(48)45-35(49)33(39(2,3)4)44-26-12-10-11-23(17-26)37(50)56-40(5,6)7/h9-13,16-18,21,24,27-28,31,33,44H,1,14-15,19-20,22H2,2-8H3,(H,46,51)(H,45,48,49)/t24-,27-,31+,33+,41-/m1/s1. The number of nitrogens with zero attached hydrogens (tertiary/aromatic N) is 2. The van der Waals surface area contributed by atoms with Gasteiger partial charge in [-0.2, -0.15) is 0 Å². The summed E-state index contributed by atoms with van der Waals surface area (Å²) < 4.78 is 45.8. The normalized spacial score (nSPS) is 22.9. The van der Waals surface area contributed by atoms with Crippen LogP contribution < -0.4 is 24.8 Å². The number of rotatable bonds is 13. The predicted molar refractivity (Wildman–Crippen MR) is 216 cm³/mol. The SMILES string of the molecule is C=C[C@@H]1C[C@@]1(C(=O)NS(=O)(=O)C1CC1)N1C[C@H](Oc2ncc(OC)c3ccc(Cl)cc23)C[C@H]1C(=O)NC(=O)[C@H](Nc1cccc(C(=O)OC(C)(C)C)c1)C(C)(C)C. The molecule has 2 aromatic carbocycles. The molecule has 3 aliphatic rings. The van der Waals surface area contributed by atoms with E-state index in [-0.39, 0.29) is 30.8 Å². The number of anilines is 1. The van der Waals surface area contributed by atoms with E-state index in [2.05, 4.69) is 26.9 Å². The van der Waals surface area contributed by atoms with E-state index in [4.69, 9.17) is 25.8 Å². The lowest BCUT2D eigenvalue weighted by Crippen LogP contribution is -2.59. The third kappa shape index (κ3) is 9.05. The molecular weight excluding hydrogens is 774 g/mol. The average molecular weight is 824 g/mol. The monoisotopic (exact) mass is 823 g/mol. The number of nitrogens with one attached hydrogen (secondary N) is 3. The first-order chi connectivity index (χ1) is 26.7. The fourth-order valence-electron chi connectivity index (χ4n) is 7.30. The summed E-state index contributed by atoms with van der Waals surface area (Å²) in [6.07, 6.45) is 3.48. The summed E-state index contributed by atoms with van der Waals surface area (Å²) in [6, 6.07) is 9.64. The van der Waals surface area contributed by atoms with Crippen molar-refractivity contribution in [2.24, 2.45) is 11.3 Å². The zero-order valence-electron chi connectivity index (χ0n) is 33.2. The van der Waals surface area contributed by atoms with Gasteiger partial charge in [-0.15, -0.1) is 6.58 Å². The molecule has 0 unspecified atom stereocenters. The molecule has 1 aromatic heterocycles. The van der Waals surface area contributed by atoms with E-state index >= 15 is 0 Å². The highest BCUT2D eigenvalue weighted by Crippen LogP contribution is 2.53. The Morgan fingerprint density at radius 1 is 1.05 bits per heavy atom. The maximum absolute atomic E-state index is 14.4. The number of sulfonamides is 1. The molecule has 3 N–H and O–H groups in total. The Kier molecular flexibility index (Phi) is 11.4. The van der Waals surface area contributed by atoms with Gasteiger partial charge in [0.2, 0.25) is 27.7 Å². The summed E-state index contributed by atoms with van der Waals surface area (Å²) in [4.78, 5) is 61.5. The second-order valence-corrected chi connectivity index (χ2v) is 19.4. The van der Waals surface area contributed by atoms with Crippen molar-refractivity contribution in [3.8, 4) is 11.6 Å². The van der Waals surface area contributed by atoms with Gasteiger partial charge in [-0.05, 0) is 81.8 Å². The number of likely N-dealkylation sites (tertiary alicyclic amines) is 1. The van der Waals surface area contributed by atoms with Gasteiger partial charge in [0.1, 0.15) is 29.0 Å². The van der Waals surface area contributed by atoms with Crippen molar-refractivity contribution >= 4 is 61.8 Å². The highest BCUT2D eigenvalue weighted by Gasteiger charge is 2.67. The number of halogens is 1. The van der Waals surface area contributed by atoms with Gasteiger partial charge < -0.3 is 19.5 Å². The molecule has 1 aliphatic heterocycles. The van der Waals surface area contributed by atoms with Crippen molar-refractivity contribution in [2.75, 3.05) is 19.0 Å². The van der Waals surface area contributed by atoms with E-state index in [0.29, 0.717) is 40.1 Å². The summed E-state index contributed by atoms with van der Waals surface area (Å²) in [7, 11) is -2.42. The second-order valence-electron chi connectivity index (χ2n) is 17.0. The molecule has 0 spiro atoms. The molecule has 5 atom stereocenters. The molecule has 2 saturated carbocycles. The molecule has 3 aromatic rings. The van der Waals surface area contributed by atoms with Crippen LogP contribution in [0, 0.1) is 11.3 Å². The molecule has 3 fully saturated rings. The number of ether oxygens (including phenoxy) is 3. The van der Waals surface area contributed by atoms with Crippen LogP contribution in [0.2, 0.25) is 5.02 Å². The van der Waals surface area contributed by atoms with Crippen molar-refractivity contribution in [1.29, 1.82) is 0 Å². The van der Waals surface area contributed by atoms with Gasteiger partial charge in [0.25, 0.3) is 5.91 Å². The van der Waals surface area contributed by atoms with E-state index in [1.165, 1.54) is 13.3 Å². The Balaban J connectivity index is 1.29. The quantitative estimate of drug-likeness (QED) is 0.148. The van der Waals surface area contributed by atoms with Crippen LogP contribution in [-0.4, -0.2) is 90.2 Å². The number of esters is 1. The average Bonchev–Trinajstić information content (AvgIpc) is 4.06. The number of carbonyl (C=O) groups excluding carboxylic acids is 4. The van der Waals surface area contributed by atoms with Gasteiger partial charge in [0.15, 0.2) is 0 Å². The van der Waals surface area contributed by atoms with Gasteiger partial charge in [0.05, 0.1) is 30.2 Å². The Bertz CT molecular complexity index is 2220. The number of aromatic nitrogens is 1. The molecule has 306 valence electrons. The van der Waals surface area contributed by atoms with E-state index in [9.17, 15) is 27.6 Å². The molecule has 0 bridgehead atoms. The van der Waals surface area contributed by atoms with Gasteiger partial charge >= 0.3 is 5.97 Å². The lowest BCUT2D eigenvalue weighted by atomic mass is 9.85. The molecule has 57 heavy (non-hydrogen) atoms. The van der Waals surface area contributed by atoms with Crippen molar-refractivity contribution in [1.82, 2.24) is 19.9 Å².